The lowest BCUT2D eigenvalue weighted by molar-refractivity contribution is -0.146. The number of carbonyl (C=O) groups excluding carboxylic acids is 1. The third-order valence-corrected chi connectivity index (χ3v) is 3.92. The molecule has 0 bridgehead atoms. The number of thioether (sulfide) groups is 1. The average Bonchev–Trinajstić information content (AvgIpc) is 2.77. The second-order valence-electron chi connectivity index (χ2n) is 4.14. The molecule has 1 amide bonds. The maximum atomic E-state index is 11.8. The number of hydrogen-bond acceptors (Lipinski definition) is 3. The number of rotatable bonds is 7. The Kier molecular flexibility index (Phi) is 6.11. The number of amides is 1. The molecule has 1 fully saturated rings. The predicted molar refractivity (Wildman–Crippen MR) is 69.0 cm³/mol. The van der Waals surface area contributed by atoms with Gasteiger partial charge in [-0.25, -0.2) is 0 Å². The van der Waals surface area contributed by atoms with E-state index in [9.17, 15) is 9.59 Å². The Morgan fingerprint density at radius 3 is 2.76 bits per heavy atom. The molecule has 4 nitrogen and oxygen atoms in total. The summed E-state index contributed by atoms with van der Waals surface area (Å²) in [6, 6.07) is 0. The van der Waals surface area contributed by atoms with Gasteiger partial charge < -0.3 is 10.4 Å². The zero-order chi connectivity index (χ0) is 12.7. The molecule has 2 N–H and O–H groups in total. The van der Waals surface area contributed by atoms with Crippen LogP contribution >= 0.6 is 11.8 Å². The topological polar surface area (TPSA) is 66.4 Å². The molecule has 2 atom stereocenters. The molecular formula is C12H19NO3S. The largest absolute Gasteiger partial charge is 0.481 e. The maximum absolute atomic E-state index is 11.8. The lowest BCUT2D eigenvalue weighted by Gasteiger charge is -2.15. The van der Waals surface area contributed by atoms with Crippen LogP contribution in [0, 0.1) is 11.8 Å². The molecule has 0 aromatic carbocycles. The van der Waals surface area contributed by atoms with Crippen LogP contribution in [0.2, 0.25) is 0 Å². The van der Waals surface area contributed by atoms with Crippen LogP contribution in [-0.2, 0) is 9.59 Å². The predicted octanol–water partition coefficient (Wildman–Crippen LogP) is 1.52. The fourth-order valence-electron chi connectivity index (χ4n) is 2.11. The highest BCUT2D eigenvalue weighted by Crippen LogP contribution is 2.31. The smallest absolute Gasteiger partial charge is 0.307 e. The second kappa shape index (κ2) is 7.37. The highest BCUT2D eigenvalue weighted by atomic mass is 32.2. The number of carboxylic acids is 1. The van der Waals surface area contributed by atoms with Crippen LogP contribution in [0.4, 0.5) is 0 Å². The summed E-state index contributed by atoms with van der Waals surface area (Å²) in [6.07, 6.45) is 3.98. The van der Waals surface area contributed by atoms with E-state index >= 15 is 0 Å². The standard InChI is InChI=1S/C12H19NO3S/c1-2-7-17-8-6-13-11(14)9-4-3-5-10(9)12(15)16/h2,9-10H,1,3-8H2,(H,13,14)(H,15,16)/t9-,10+/m1/s1. The molecule has 0 heterocycles. The summed E-state index contributed by atoms with van der Waals surface area (Å²) >= 11 is 1.70. The summed E-state index contributed by atoms with van der Waals surface area (Å²) in [5.41, 5.74) is 0. The van der Waals surface area contributed by atoms with Crippen molar-refractivity contribution in [2.24, 2.45) is 11.8 Å². The first kappa shape index (κ1) is 14.1. The molecule has 0 radical (unpaired) electrons. The Labute approximate surface area is 106 Å². The van der Waals surface area contributed by atoms with Gasteiger partial charge in [0.1, 0.15) is 0 Å². The van der Waals surface area contributed by atoms with E-state index in [1.807, 2.05) is 6.08 Å². The Hall–Kier alpha value is -0.970. The number of nitrogens with one attached hydrogen (secondary N) is 1. The molecule has 0 unspecified atom stereocenters. The second-order valence-corrected chi connectivity index (χ2v) is 5.29. The Morgan fingerprint density at radius 2 is 2.12 bits per heavy atom. The van der Waals surface area contributed by atoms with E-state index in [0.29, 0.717) is 19.4 Å². The number of aliphatic carboxylic acids is 1. The van der Waals surface area contributed by atoms with Crippen LogP contribution in [0.15, 0.2) is 12.7 Å². The molecule has 0 aliphatic heterocycles. The molecule has 1 aliphatic rings. The van der Waals surface area contributed by atoms with Crippen molar-refractivity contribution in [1.82, 2.24) is 5.32 Å². The lowest BCUT2D eigenvalue weighted by atomic mass is 9.95. The normalized spacial score (nSPS) is 23.3. The minimum atomic E-state index is -0.844. The summed E-state index contributed by atoms with van der Waals surface area (Å²) < 4.78 is 0. The van der Waals surface area contributed by atoms with E-state index in [0.717, 1.165) is 17.9 Å². The summed E-state index contributed by atoms with van der Waals surface area (Å²) in [4.78, 5) is 22.7. The van der Waals surface area contributed by atoms with Crippen LogP contribution in [-0.4, -0.2) is 35.0 Å². The number of hydrogen-bond donors (Lipinski definition) is 2. The van der Waals surface area contributed by atoms with Gasteiger partial charge in [-0.05, 0) is 12.8 Å². The molecule has 1 rings (SSSR count). The van der Waals surface area contributed by atoms with Crippen molar-refractivity contribution >= 4 is 23.6 Å². The van der Waals surface area contributed by atoms with Gasteiger partial charge in [0, 0.05) is 18.1 Å². The van der Waals surface area contributed by atoms with Crippen molar-refractivity contribution in [2.75, 3.05) is 18.1 Å². The zero-order valence-corrected chi connectivity index (χ0v) is 10.7. The van der Waals surface area contributed by atoms with E-state index in [1.54, 1.807) is 11.8 Å². The first-order valence-corrected chi connectivity index (χ1v) is 7.01. The summed E-state index contributed by atoms with van der Waals surface area (Å²) in [7, 11) is 0. The first-order chi connectivity index (χ1) is 8.16. The third kappa shape index (κ3) is 4.42. The van der Waals surface area contributed by atoms with Crippen LogP contribution in [0.5, 0.6) is 0 Å². The van der Waals surface area contributed by atoms with Crippen LogP contribution in [0.25, 0.3) is 0 Å². The van der Waals surface area contributed by atoms with Crippen LogP contribution in [0.3, 0.4) is 0 Å². The average molecular weight is 257 g/mol. The molecule has 0 saturated heterocycles. The highest BCUT2D eigenvalue weighted by Gasteiger charge is 2.37. The molecule has 1 aliphatic carbocycles. The lowest BCUT2D eigenvalue weighted by Crippen LogP contribution is -2.36. The number of carboxylic acid groups (broad SMARTS) is 1. The fraction of sp³-hybridized carbons (Fsp3) is 0.667. The van der Waals surface area contributed by atoms with Crippen molar-refractivity contribution in [1.29, 1.82) is 0 Å². The van der Waals surface area contributed by atoms with Crippen molar-refractivity contribution in [3.8, 4) is 0 Å². The summed E-state index contributed by atoms with van der Waals surface area (Å²) in [5.74, 6) is -0.0651. The zero-order valence-electron chi connectivity index (χ0n) is 9.85. The molecule has 0 spiro atoms. The van der Waals surface area contributed by atoms with E-state index in [2.05, 4.69) is 11.9 Å². The van der Waals surface area contributed by atoms with Gasteiger partial charge in [-0.1, -0.05) is 12.5 Å². The van der Waals surface area contributed by atoms with E-state index in [4.69, 9.17) is 5.11 Å². The van der Waals surface area contributed by atoms with E-state index in [-0.39, 0.29) is 11.8 Å². The van der Waals surface area contributed by atoms with Gasteiger partial charge in [-0.3, -0.25) is 9.59 Å². The minimum Gasteiger partial charge on any atom is -0.481 e. The van der Waals surface area contributed by atoms with Gasteiger partial charge in [0.25, 0.3) is 0 Å². The van der Waals surface area contributed by atoms with Crippen molar-refractivity contribution < 1.29 is 14.7 Å². The first-order valence-electron chi connectivity index (χ1n) is 5.86. The molecular weight excluding hydrogens is 238 g/mol. The van der Waals surface area contributed by atoms with Crippen molar-refractivity contribution in [3.05, 3.63) is 12.7 Å². The third-order valence-electron chi connectivity index (χ3n) is 2.95. The quantitative estimate of drug-likeness (QED) is 0.536. The van der Waals surface area contributed by atoms with Gasteiger partial charge in [-0.15, -0.1) is 6.58 Å². The Bertz CT molecular complexity index is 293. The fourth-order valence-corrected chi connectivity index (χ4v) is 2.69. The molecule has 0 aromatic heterocycles. The summed E-state index contributed by atoms with van der Waals surface area (Å²) in [5, 5.41) is 11.8. The molecule has 1 saturated carbocycles. The SMILES string of the molecule is C=CCSCCNC(=O)[C@@H]1CCC[C@@H]1C(=O)O. The van der Waals surface area contributed by atoms with Gasteiger partial charge >= 0.3 is 5.97 Å². The van der Waals surface area contributed by atoms with Crippen LogP contribution in [0.1, 0.15) is 19.3 Å². The molecule has 17 heavy (non-hydrogen) atoms. The highest BCUT2D eigenvalue weighted by molar-refractivity contribution is 7.99. The maximum Gasteiger partial charge on any atom is 0.307 e. The van der Waals surface area contributed by atoms with Crippen molar-refractivity contribution in [3.63, 3.8) is 0 Å². The van der Waals surface area contributed by atoms with Crippen LogP contribution < -0.4 is 5.32 Å². The monoisotopic (exact) mass is 257 g/mol. The Balaban J connectivity index is 2.27. The minimum absolute atomic E-state index is 0.103. The van der Waals surface area contributed by atoms with E-state index < -0.39 is 11.9 Å². The van der Waals surface area contributed by atoms with Gasteiger partial charge in [0.2, 0.25) is 5.91 Å². The molecule has 0 aromatic rings. The van der Waals surface area contributed by atoms with Gasteiger partial charge in [0.05, 0.1) is 11.8 Å². The van der Waals surface area contributed by atoms with E-state index in [1.165, 1.54) is 0 Å². The van der Waals surface area contributed by atoms with Crippen molar-refractivity contribution in [2.45, 2.75) is 19.3 Å². The molecule has 5 heteroatoms. The summed E-state index contributed by atoms with van der Waals surface area (Å²) in [6.45, 7) is 4.21. The Morgan fingerprint density at radius 1 is 1.41 bits per heavy atom. The number of carbonyl (C=O) groups is 2. The molecule has 96 valence electrons. The van der Waals surface area contributed by atoms with Gasteiger partial charge in [0.15, 0.2) is 0 Å². The van der Waals surface area contributed by atoms with Gasteiger partial charge in [-0.2, -0.15) is 11.8 Å².